The van der Waals surface area contributed by atoms with Crippen molar-refractivity contribution in [3.63, 3.8) is 0 Å². The first kappa shape index (κ1) is 22.0. The molecule has 2 unspecified atom stereocenters. The molecule has 1 radical (unpaired) electrons. The predicted molar refractivity (Wildman–Crippen MR) is 80.2 cm³/mol. The van der Waals surface area contributed by atoms with Gasteiger partial charge in [0.05, 0.1) is 25.7 Å². The standard InChI is InChI=1S/C11H22IN2O2P.Pr/c1-3-11(2)7-4-5-9-15-17(14-12)16-10-6-8-13;/h11-12H,3-7,9-10H2,1-2H3;. The molecule has 0 aliphatic heterocycles. The van der Waals surface area contributed by atoms with Crippen molar-refractivity contribution in [3.8, 4) is 6.07 Å². The minimum atomic E-state index is -1.13. The molecule has 0 saturated heterocycles. The minimum absolute atomic E-state index is 0. The second-order valence-corrected chi connectivity index (χ2v) is 6.46. The molecule has 0 aliphatic rings. The van der Waals surface area contributed by atoms with Crippen LogP contribution in [0.2, 0.25) is 0 Å². The first-order chi connectivity index (χ1) is 8.24. The van der Waals surface area contributed by atoms with E-state index in [1.807, 2.05) is 6.07 Å². The van der Waals surface area contributed by atoms with E-state index >= 15 is 0 Å². The zero-order chi connectivity index (χ0) is 12.9. The van der Waals surface area contributed by atoms with Gasteiger partial charge in [-0.2, -0.15) is 8.18 Å². The summed E-state index contributed by atoms with van der Waals surface area (Å²) in [5.41, 5.74) is 0. The maximum Gasteiger partial charge on any atom is 0.314 e. The molecule has 4 nitrogen and oxygen atoms in total. The molecular weight excluding hydrogens is 491 g/mol. The predicted octanol–water partition coefficient (Wildman–Crippen LogP) is 4.73. The summed E-state index contributed by atoms with van der Waals surface area (Å²) in [6.07, 6.45) is 5.15. The van der Waals surface area contributed by atoms with Crippen LogP contribution in [0.25, 0.3) is 0 Å². The quantitative estimate of drug-likeness (QED) is 0.228. The van der Waals surface area contributed by atoms with Gasteiger partial charge in [0.15, 0.2) is 0 Å². The fraction of sp³-hybridized carbons (Fsp3) is 0.909. The van der Waals surface area contributed by atoms with Crippen LogP contribution in [0.15, 0.2) is 2.92 Å². The van der Waals surface area contributed by atoms with Gasteiger partial charge in [0.1, 0.15) is 0 Å². The summed E-state index contributed by atoms with van der Waals surface area (Å²) in [7, 11) is -1.13. The summed E-state index contributed by atoms with van der Waals surface area (Å²) >= 11 is 1.62. The number of nitriles is 1. The number of nitrogens with zero attached hydrogens (tertiary/aromatic N) is 2. The first-order valence-corrected chi connectivity index (χ1v) is 8.18. The van der Waals surface area contributed by atoms with Crippen LogP contribution in [0.3, 0.4) is 0 Å². The topological polar surface area (TPSA) is 54.6 Å². The van der Waals surface area contributed by atoms with Crippen LogP contribution in [0, 0.1) is 58.5 Å². The van der Waals surface area contributed by atoms with Crippen molar-refractivity contribution in [3.05, 3.63) is 0 Å². The molecule has 0 N–H and O–H groups in total. The van der Waals surface area contributed by atoms with Crippen molar-refractivity contribution in [2.45, 2.75) is 46.0 Å². The van der Waals surface area contributed by atoms with Crippen LogP contribution < -0.4 is 0 Å². The van der Waals surface area contributed by atoms with Crippen molar-refractivity contribution < 1.29 is 50.3 Å². The van der Waals surface area contributed by atoms with Gasteiger partial charge in [-0.3, -0.25) is 0 Å². The zero-order valence-electron chi connectivity index (χ0n) is 11.2. The van der Waals surface area contributed by atoms with Crippen molar-refractivity contribution in [1.82, 2.24) is 0 Å². The third-order valence-corrected chi connectivity index (χ3v) is 4.55. The van der Waals surface area contributed by atoms with Crippen molar-refractivity contribution >= 4 is 30.9 Å². The summed E-state index contributed by atoms with van der Waals surface area (Å²) < 4.78 is 14.9. The number of hydrogen-bond donors (Lipinski definition) is 0. The second-order valence-electron chi connectivity index (χ2n) is 3.90. The van der Waals surface area contributed by atoms with Crippen molar-refractivity contribution in [1.29, 1.82) is 5.26 Å². The molecule has 0 rings (SSSR count). The van der Waals surface area contributed by atoms with E-state index in [1.54, 1.807) is 22.4 Å². The summed E-state index contributed by atoms with van der Waals surface area (Å²) in [5.74, 6) is 0.805. The molecule has 0 spiro atoms. The van der Waals surface area contributed by atoms with E-state index in [9.17, 15) is 0 Å². The van der Waals surface area contributed by atoms with Crippen LogP contribution in [0.1, 0.15) is 46.0 Å². The summed E-state index contributed by atoms with van der Waals surface area (Å²) in [5, 5.41) is 8.38. The van der Waals surface area contributed by atoms with Crippen LogP contribution in [0.4, 0.5) is 0 Å². The molecule has 0 fully saturated rings. The Morgan fingerprint density at radius 3 is 2.56 bits per heavy atom. The van der Waals surface area contributed by atoms with Crippen molar-refractivity contribution in [2.75, 3.05) is 13.2 Å². The SMILES string of the molecule is CCC(C)CCCCOP(N=[IH])OCCC#N.[Pr]. The summed E-state index contributed by atoms with van der Waals surface area (Å²) in [6, 6.07) is 2.03. The Hall–Kier alpha value is 1.73. The van der Waals surface area contributed by atoms with E-state index in [0.29, 0.717) is 19.6 Å². The summed E-state index contributed by atoms with van der Waals surface area (Å²) in [6.45, 7) is 5.61. The molecule has 0 heterocycles. The van der Waals surface area contributed by atoms with E-state index < -0.39 is 8.53 Å². The third-order valence-electron chi connectivity index (χ3n) is 2.47. The molecule has 0 amide bonds. The molecule has 0 aliphatic carbocycles. The average Bonchev–Trinajstić information content (AvgIpc) is 2.36. The molecule has 0 aromatic heterocycles. The van der Waals surface area contributed by atoms with Gasteiger partial charge in [0, 0.05) is 41.3 Å². The Balaban J connectivity index is 0. The third kappa shape index (κ3) is 14.1. The second kappa shape index (κ2) is 16.8. The van der Waals surface area contributed by atoms with Crippen LogP contribution in [-0.4, -0.2) is 13.2 Å². The fourth-order valence-corrected chi connectivity index (χ4v) is 2.70. The van der Waals surface area contributed by atoms with Gasteiger partial charge in [-0.25, -0.2) is 0 Å². The normalized spacial score (nSPS) is 13.2. The maximum atomic E-state index is 8.38. The molecule has 7 heteroatoms. The Labute approximate surface area is 159 Å². The smallest absolute Gasteiger partial charge is 0.314 e. The van der Waals surface area contributed by atoms with Gasteiger partial charge < -0.3 is 9.05 Å². The zero-order valence-corrected chi connectivity index (χ0v) is 18.1. The van der Waals surface area contributed by atoms with Gasteiger partial charge in [-0.15, -0.1) is 0 Å². The number of halogens is 1. The Kier molecular flexibility index (Phi) is 20.5. The van der Waals surface area contributed by atoms with E-state index in [2.05, 4.69) is 16.8 Å². The summed E-state index contributed by atoms with van der Waals surface area (Å²) in [4.78, 5) is 0. The first-order valence-electron chi connectivity index (χ1n) is 6.00. The van der Waals surface area contributed by atoms with Gasteiger partial charge in [0.2, 0.25) is 0 Å². The largest absolute Gasteiger partial charge is 0.316 e. The van der Waals surface area contributed by atoms with Gasteiger partial charge in [-0.1, -0.05) is 33.1 Å². The van der Waals surface area contributed by atoms with Crippen LogP contribution >= 0.6 is 30.9 Å². The molecule has 103 valence electrons. The van der Waals surface area contributed by atoms with Crippen LogP contribution in [-0.2, 0) is 9.05 Å². The molecule has 0 aromatic rings. The minimum Gasteiger partial charge on any atom is -0.316 e. The number of hydrogen-bond acceptors (Lipinski definition) is 4. The molecule has 0 bridgehead atoms. The Morgan fingerprint density at radius 1 is 1.33 bits per heavy atom. The van der Waals surface area contributed by atoms with Gasteiger partial charge in [-0.05, 0) is 34.8 Å². The molecule has 0 saturated carbocycles. The number of unbranched alkanes of at least 4 members (excludes halogenated alkanes) is 1. The number of rotatable bonds is 11. The van der Waals surface area contributed by atoms with Gasteiger partial charge >= 0.3 is 8.53 Å². The van der Waals surface area contributed by atoms with E-state index in [4.69, 9.17) is 14.3 Å². The van der Waals surface area contributed by atoms with Crippen LogP contribution in [0.5, 0.6) is 0 Å². The van der Waals surface area contributed by atoms with E-state index in [1.165, 1.54) is 19.3 Å². The molecule has 0 aromatic carbocycles. The van der Waals surface area contributed by atoms with Crippen molar-refractivity contribution in [2.24, 2.45) is 8.83 Å². The molecule has 18 heavy (non-hydrogen) atoms. The van der Waals surface area contributed by atoms with E-state index in [-0.39, 0.29) is 41.3 Å². The van der Waals surface area contributed by atoms with Gasteiger partial charge in [0.25, 0.3) is 0 Å². The Bertz CT molecular complexity index is 242. The molecule has 2 atom stereocenters. The molecular formula is C11H22IN2O2PPr. The average molecular weight is 513 g/mol. The Morgan fingerprint density at radius 2 is 2.00 bits per heavy atom. The van der Waals surface area contributed by atoms with E-state index in [0.717, 1.165) is 12.3 Å². The fourth-order valence-electron chi connectivity index (χ4n) is 1.20. The maximum absolute atomic E-state index is 8.38. The monoisotopic (exact) mass is 513 g/mol.